The van der Waals surface area contributed by atoms with Crippen LogP contribution < -0.4 is 11.1 Å². The summed E-state index contributed by atoms with van der Waals surface area (Å²) in [4.78, 5) is 31.4. The van der Waals surface area contributed by atoms with Crippen molar-refractivity contribution in [1.29, 1.82) is 0 Å². The summed E-state index contributed by atoms with van der Waals surface area (Å²) < 4.78 is 18.5. The Balaban J connectivity index is 1.80. The van der Waals surface area contributed by atoms with Gasteiger partial charge in [0.1, 0.15) is 18.0 Å². The Bertz CT molecular complexity index is 709. The number of benzene rings is 1. The van der Waals surface area contributed by atoms with Gasteiger partial charge in [-0.2, -0.15) is 0 Å². The molecule has 2 rings (SSSR count). The molecule has 0 radical (unpaired) electrons. The Kier molecular flexibility index (Phi) is 6.59. The van der Waals surface area contributed by atoms with Crippen LogP contribution in [0.3, 0.4) is 0 Å². The van der Waals surface area contributed by atoms with E-state index >= 15 is 0 Å². The first-order valence-corrected chi connectivity index (χ1v) is 8.72. The maximum Gasteiger partial charge on any atom is 0.410 e. The summed E-state index contributed by atoms with van der Waals surface area (Å²) in [7, 11) is 0. The van der Waals surface area contributed by atoms with Gasteiger partial charge in [0.15, 0.2) is 5.96 Å². The summed E-state index contributed by atoms with van der Waals surface area (Å²) in [6.07, 6.45) is -0.355. The van der Waals surface area contributed by atoms with Crippen molar-refractivity contribution in [2.75, 3.05) is 38.0 Å². The van der Waals surface area contributed by atoms with E-state index in [2.05, 4.69) is 10.3 Å². The molecule has 3 N–H and O–H groups in total. The summed E-state index contributed by atoms with van der Waals surface area (Å²) >= 11 is 0. The monoisotopic (exact) mass is 379 g/mol. The van der Waals surface area contributed by atoms with Gasteiger partial charge in [-0.05, 0) is 39.0 Å². The number of amides is 2. The Labute approximate surface area is 158 Å². The predicted octanol–water partition coefficient (Wildman–Crippen LogP) is 1.63. The van der Waals surface area contributed by atoms with Crippen LogP contribution in [0.25, 0.3) is 0 Å². The van der Waals surface area contributed by atoms with Crippen LogP contribution in [0.5, 0.6) is 0 Å². The molecular formula is C18H26FN5O3. The third-order valence-electron chi connectivity index (χ3n) is 3.75. The molecule has 0 aromatic heterocycles. The molecule has 0 atom stereocenters. The summed E-state index contributed by atoms with van der Waals surface area (Å²) in [5.41, 5.74) is 5.76. The first kappa shape index (κ1) is 20.5. The first-order valence-electron chi connectivity index (χ1n) is 8.72. The van der Waals surface area contributed by atoms with Crippen molar-refractivity contribution in [1.82, 2.24) is 9.80 Å². The fourth-order valence-electron chi connectivity index (χ4n) is 2.46. The van der Waals surface area contributed by atoms with E-state index in [4.69, 9.17) is 10.5 Å². The minimum absolute atomic E-state index is 0.172. The largest absolute Gasteiger partial charge is 0.444 e. The van der Waals surface area contributed by atoms with Gasteiger partial charge in [0.05, 0.1) is 0 Å². The Morgan fingerprint density at radius 2 is 1.85 bits per heavy atom. The number of hydrogen-bond acceptors (Lipinski definition) is 4. The number of aliphatic imine (C=N–C) groups is 1. The second-order valence-electron chi connectivity index (χ2n) is 7.19. The Hall–Kier alpha value is -2.84. The maximum absolute atomic E-state index is 13.1. The topological polar surface area (TPSA) is 100 Å². The van der Waals surface area contributed by atoms with Crippen LogP contribution in [-0.2, 0) is 9.53 Å². The fourth-order valence-corrected chi connectivity index (χ4v) is 2.46. The SMILES string of the molecule is CC(C)(C)OC(=O)N1CCN(C(N)=NCC(=O)Nc2cccc(F)c2)CC1. The molecule has 1 aromatic rings. The molecule has 1 aliphatic rings. The number of nitrogens with zero attached hydrogens (tertiary/aromatic N) is 3. The molecule has 148 valence electrons. The van der Waals surface area contributed by atoms with Crippen LogP contribution in [0.15, 0.2) is 29.3 Å². The minimum atomic E-state index is -0.538. The lowest BCUT2D eigenvalue weighted by molar-refractivity contribution is -0.114. The number of carbonyl (C=O) groups excluding carboxylic acids is 2. The third kappa shape index (κ3) is 6.76. The number of hydrogen-bond donors (Lipinski definition) is 2. The molecule has 1 aliphatic heterocycles. The van der Waals surface area contributed by atoms with Crippen LogP contribution >= 0.6 is 0 Å². The van der Waals surface area contributed by atoms with Crippen LogP contribution in [0.1, 0.15) is 20.8 Å². The molecule has 0 aliphatic carbocycles. The minimum Gasteiger partial charge on any atom is -0.444 e. The van der Waals surface area contributed by atoms with E-state index < -0.39 is 17.3 Å². The van der Waals surface area contributed by atoms with E-state index in [9.17, 15) is 14.0 Å². The molecular weight excluding hydrogens is 353 g/mol. The van der Waals surface area contributed by atoms with Gasteiger partial charge < -0.3 is 25.6 Å². The van der Waals surface area contributed by atoms with E-state index in [0.717, 1.165) is 0 Å². The second kappa shape index (κ2) is 8.70. The zero-order valence-electron chi connectivity index (χ0n) is 15.9. The highest BCUT2D eigenvalue weighted by Gasteiger charge is 2.26. The molecule has 27 heavy (non-hydrogen) atoms. The first-order chi connectivity index (χ1) is 12.6. The zero-order chi connectivity index (χ0) is 20.0. The van der Waals surface area contributed by atoms with Crippen LogP contribution in [0.2, 0.25) is 0 Å². The highest BCUT2D eigenvalue weighted by Crippen LogP contribution is 2.12. The van der Waals surface area contributed by atoms with E-state index in [-0.39, 0.29) is 18.6 Å². The quantitative estimate of drug-likeness (QED) is 0.614. The number of ether oxygens (including phenoxy) is 1. The molecule has 2 amide bonds. The van der Waals surface area contributed by atoms with Crippen molar-refractivity contribution in [2.45, 2.75) is 26.4 Å². The van der Waals surface area contributed by atoms with Gasteiger partial charge >= 0.3 is 6.09 Å². The number of rotatable bonds is 3. The molecule has 0 unspecified atom stereocenters. The van der Waals surface area contributed by atoms with E-state index in [1.54, 1.807) is 15.9 Å². The van der Waals surface area contributed by atoms with Crippen molar-refractivity contribution >= 4 is 23.6 Å². The molecule has 9 heteroatoms. The lowest BCUT2D eigenvalue weighted by Crippen LogP contribution is -2.53. The summed E-state index contributed by atoms with van der Waals surface area (Å²) in [6, 6.07) is 5.61. The second-order valence-corrected chi connectivity index (χ2v) is 7.19. The number of anilines is 1. The van der Waals surface area contributed by atoms with E-state index in [0.29, 0.717) is 31.9 Å². The lowest BCUT2D eigenvalue weighted by atomic mass is 10.2. The number of halogens is 1. The molecule has 8 nitrogen and oxygen atoms in total. The van der Waals surface area contributed by atoms with Crippen LogP contribution in [0.4, 0.5) is 14.9 Å². The third-order valence-corrected chi connectivity index (χ3v) is 3.75. The molecule has 1 heterocycles. The highest BCUT2D eigenvalue weighted by atomic mass is 19.1. The van der Waals surface area contributed by atoms with Crippen molar-refractivity contribution in [2.24, 2.45) is 10.7 Å². The van der Waals surface area contributed by atoms with Crippen molar-refractivity contribution in [3.63, 3.8) is 0 Å². The summed E-state index contributed by atoms with van der Waals surface area (Å²) in [5, 5.41) is 2.56. The van der Waals surface area contributed by atoms with Gasteiger partial charge in [0, 0.05) is 31.9 Å². The fraction of sp³-hybridized carbons (Fsp3) is 0.500. The number of nitrogens with two attached hydrogens (primary N) is 1. The lowest BCUT2D eigenvalue weighted by Gasteiger charge is -2.36. The normalized spacial score (nSPS) is 15.5. The van der Waals surface area contributed by atoms with Gasteiger partial charge in [-0.3, -0.25) is 4.79 Å². The van der Waals surface area contributed by atoms with E-state index in [1.807, 2.05) is 20.8 Å². The Morgan fingerprint density at radius 3 is 2.44 bits per heavy atom. The standard InChI is InChI=1S/C18H26FN5O3/c1-18(2,3)27-17(26)24-9-7-23(8-10-24)16(20)21-12-15(25)22-14-6-4-5-13(19)11-14/h4-6,11H,7-10,12H2,1-3H3,(H2,20,21)(H,22,25). The van der Waals surface area contributed by atoms with E-state index in [1.165, 1.54) is 18.2 Å². The van der Waals surface area contributed by atoms with Gasteiger partial charge in [0.2, 0.25) is 5.91 Å². The number of carbonyl (C=O) groups is 2. The molecule has 1 fully saturated rings. The average molecular weight is 379 g/mol. The average Bonchev–Trinajstić information content (AvgIpc) is 2.58. The molecule has 1 saturated heterocycles. The van der Waals surface area contributed by atoms with Gasteiger partial charge in [-0.1, -0.05) is 6.07 Å². The zero-order valence-corrected chi connectivity index (χ0v) is 15.9. The summed E-state index contributed by atoms with van der Waals surface area (Å²) in [5.74, 6) is -0.595. The molecule has 0 bridgehead atoms. The molecule has 0 saturated carbocycles. The van der Waals surface area contributed by atoms with Crippen molar-refractivity contribution < 1.29 is 18.7 Å². The summed E-state index contributed by atoms with van der Waals surface area (Å²) in [6.45, 7) is 7.21. The van der Waals surface area contributed by atoms with Crippen LogP contribution in [-0.4, -0.2) is 66.1 Å². The number of guanidine groups is 1. The van der Waals surface area contributed by atoms with Gasteiger partial charge in [-0.25, -0.2) is 14.2 Å². The smallest absolute Gasteiger partial charge is 0.410 e. The van der Waals surface area contributed by atoms with Gasteiger partial charge in [-0.15, -0.1) is 0 Å². The van der Waals surface area contributed by atoms with Crippen molar-refractivity contribution in [3.8, 4) is 0 Å². The Morgan fingerprint density at radius 1 is 1.22 bits per heavy atom. The predicted molar refractivity (Wildman–Crippen MR) is 101 cm³/mol. The van der Waals surface area contributed by atoms with Crippen LogP contribution in [0, 0.1) is 5.82 Å². The highest BCUT2D eigenvalue weighted by molar-refractivity contribution is 5.93. The maximum atomic E-state index is 13.1. The number of nitrogens with one attached hydrogen (secondary N) is 1. The molecule has 1 aromatic carbocycles. The van der Waals surface area contributed by atoms with Crippen molar-refractivity contribution in [3.05, 3.63) is 30.1 Å². The van der Waals surface area contributed by atoms with Gasteiger partial charge in [0.25, 0.3) is 0 Å². The number of piperazine rings is 1. The molecule has 0 spiro atoms.